The predicted octanol–water partition coefficient (Wildman–Crippen LogP) is 1.80. The lowest BCUT2D eigenvalue weighted by Crippen LogP contribution is -2.18. The molecule has 8 heteroatoms. The van der Waals surface area contributed by atoms with Gasteiger partial charge in [0.2, 0.25) is 5.91 Å². The van der Waals surface area contributed by atoms with Gasteiger partial charge in [0.1, 0.15) is 17.3 Å². The summed E-state index contributed by atoms with van der Waals surface area (Å²) in [5.41, 5.74) is 0. The van der Waals surface area contributed by atoms with Crippen molar-refractivity contribution in [1.29, 1.82) is 0 Å². The van der Waals surface area contributed by atoms with E-state index in [0.29, 0.717) is 18.0 Å². The molecule has 7 nitrogen and oxygen atoms in total. The third-order valence-corrected chi connectivity index (χ3v) is 5.39. The van der Waals surface area contributed by atoms with Crippen molar-refractivity contribution in [2.45, 2.75) is 19.4 Å². The molecule has 1 atom stereocenters. The Morgan fingerprint density at radius 2 is 2.26 bits per heavy atom. The SMILES string of the molecule is Cc1ccc(C=CC(=O)Nc2ccnn2C2CCS(=O)(=O)C2)o1. The lowest BCUT2D eigenvalue weighted by molar-refractivity contribution is -0.111. The van der Waals surface area contributed by atoms with Crippen LogP contribution < -0.4 is 5.32 Å². The van der Waals surface area contributed by atoms with Crippen molar-refractivity contribution < 1.29 is 17.6 Å². The summed E-state index contributed by atoms with van der Waals surface area (Å²) in [5, 5.41) is 6.84. The number of hydrogen-bond acceptors (Lipinski definition) is 5. The number of carbonyl (C=O) groups excluding carboxylic acids is 1. The van der Waals surface area contributed by atoms with Gasteiger partial charge in [-0.25, -0.2) is 13.1 Å². The van der Waals surface area contributed by atoms with Crippen LogP contribution in [0.1, 0.15) is 24.0 Å². The van der Waals surface area contributed by atoms with E-state index in [1.165, 1.54) is 6.08 Å². The number of sulfone groups is 1. The van der Waals surface area contributed by atoms with Crippen LogP contribution in [-0.4, -0.2) is 35.6 Å². The van der Waals surface area contributed by atoms with Gasteiger partial charge in [-0.05, 0) is 31.6 Å². The monoisotopic (exact) mass is 335 g/mol. The number of furan rings is 1. The van der Waals surface area contributed by atoms with Gasteiger partial charge in [-0.1, -0.05) is 0 Å². The fourth-order valence-corrected chi connectivity index (χ4v) is 4.23. The van der Waals surface area contributed by atoms with Crippen LogP contribution in [0.25, 0.3) is 6.08 Å². The number of nitrogens with zero attached hydrogens (tertiary/aromatic N) is 2. The molecule has 0 spiro atoms. The highest BCUT2D eigenvalue weighted by molar-refractivity contribution is 7.91. The third-order valence-electron chi connectivity index (χ3n) is 3.64. The first-order valence-electron chi connectivity index (χ1n) is 7.22. The molecule has 1 saturated heterocycles. The molecular formula is C15H17N3O4S. The van der Waals surface area contributed by atoms with Crippen LogP contribution >= 0.6 is 0 Å². The Morgan fingerprint density at radius 1 is 1.43 bits per heavy atom. The second-order valence-corrected chi connectivity index (χ2v) is 7.72. The molecule has 3 heterocycles. The van der Waals surface area contributed by atoms with E-state index in [9.17, 15) is 13.2 Å². The zero-order valence-electron chi connectivity index (χ0n) is 12.6. The number of anilines is 1. The Bertz CT molecular complexity index is 848. The van der Waals surface area contributed by atoms with Crippen molar-refractivity contribution in [3.05, 3.63) is 42.0 Å². The van der Waals surface area contributed by atoms with Crippen LogP contribution in [0.4, 0.5) is 5.82 Å². The van der Waals surface area contributed by atoms with Crippen molar-refractivity contribution in [1.82, 2.24) is 9.78 Å². The quantitative estimate of drug-likeness (QED) is 0.860. The Labute approximate surface area is 133 Å². The zero-order chi connectivity index (χ0) is 16.4. The fraction of sp³-hybridized carbons (Fsp3) is 0.333. The standard InChI is InChI=1S/C15H17N3O4S/c1-11-2-3-13(22-11)4-5-15(19)17-14-6-8-16-18(14)12-7-9-23(20,21)10-12/h2-6,8,12H,7,9-10H2,1H3,(H,17,19). The first-order chi connectivity index (χ1) is 10.9. The first kappa shape index (κ1) is 15.5. The molecular weight excluding hydrogens is 318 g/mol. The van der Waals surface area contributed by atoms with E-state index in [-0.39, 0.29) is 23.5 Å². The molecule has 0 radical (unpaired) electrons. The van der Waals surface area contributed by atoms with Crippen molar-refractivity contribution in [3.8, 4) is 0 Å². The minimum absolute atomic E-state index is 0.0546. The topological polar surface area (TPSA) is 94.2 Å². The van der Waals surface area contributed by atoms with Gasteiger partial charge in [0.05, 0.1) is 23.7 Å². The van der Waals surface area contributed by atoms with Gasteiger partial charge < -0.3 is 9.73 Å². The van der Waals surface area contributed by atoms with Gasteiger partial charge in [-0.3, -0.25) is 4.79 Å². The summed E-state index contributed by atoms with van der Waals surface area (Å²) in [6.45, 7) is 1.83. The molecule has 0 saturated carbocycles. The number of nitrogens with one attached hydrogen (secondary N) is 1. The number of aromatic nitrogens is 2. The second kappa shape index (κ2) is 6.04. The number of rotatable bonds is 4. The molecule has 1 amide bonds. The van der Waals surface area contributed by atoms with Crippen molar-refractivity contribution >= 4 is 27.6 Å². The van der Waals surface area contributed by atoms with E-state index in [0.717, 1.165) is 5.76 Å². The normalized spacial score (nSPS) is 20.1. The first-order valence-corrected chi connectivity index (χ1v) is 9.04. The molecule has 1 fully saturated rings. The molecule has 0 bridgehead atoms. The molecule has 1 aliphatic heterocycles. The molecule has 0 aromatic carbocycles. The maximum Gasteiger partial charge on any atom is 0.249 e. The average molecular weight is 335 g/mol. The second-order valence-electron chi connectivity index (χ2n) is 5.49. The zero-order valence-corrected chi connectivity index (χ0v) is 13.4. The van der Waals surface area contributed by atoms with Crippen LogP contribution in [0.2, 0.25) is 0 Å². The minimum atomic E-state index is -3.01. The van der Waals surface area contributed by atoms with E-state index < -0.39 is 9.84 Å². The Hall–Kier alpha value is -2.35. The summed E-state index contributed by atoms with van der Waals surface area (Å²) >= 11 is 0. The van der Waals surface area contributed by atoms with Crippen molar-refractivity contribution in [2.75, 3.05) is 16.8 Å². The maximum atomic E-state index is 12.0. The number of aryl methyl sites for hydroxylation is 1. The molecule has 1 aliphatic rings. The number of carbonyl (C=O) groups is 1. The fourth-order valence-electron chi connectivity index (χ4n) is 2.54. The molecule has 23 heavy (non-hydrogen) atoms. The molecule has 2 aromatic heterocycles. The van der Waals surface area contributed by atoms with Crippen molar-refractivity contribution in [3.63, 3.8) is 0 Å². The van der Waals surface area contributed by atoms with Crippen molar-refractivity contribution in [2.24, 2.45) is 0 Å². The van der Waals surface area contributed by atoms with E-state index in [1.807, 2.05) is 13.0 Å². The Balaban J connectivity index is 1.68. The van der Waals surface area contributed by atoms with Gasteiger partial charge in [0.25, 0.3) is 0 Å². The van der Waals surface area contributed by atoms with Crippen LogP contribution in [0.5, 0.6) is 0 Å². The largest absolute Gasteiger partial charge is 0.462 e. The van der Waals surface area contributed by atoms with Crippen LogP contribution in [0.3, 0.4) is 0 Å². The highest BCUT2D eigenvalue weighted by Crippen LogP contribution is 2.26. The summed E-state index contributed by atoms with van der Waals surface area (Å²) < 4.78 is 30.1. The molecule has 2 aromatic rings. The summed E-state index contributed by atoms with van der Waals surface area (Å²) in [5.74, 6) is 1.72. The average Bonchev–Trinajstić information content (AvgIpc) is 3.17. The lowest BCUT2D eigenvalue weighted by Gasteiger charge is -2.12. The highest BCUT2D eigenvalue weighted by atomic mass is 32.2. The minimum Gasteiger partial charge on any atom is -0.462 e. The molecule has 0 aliphatic carbocycles. The van der Waals surface area contributed by atoms with E-state index in [4.69, 9.17) is 4.42 Å². The van der Waals surface area contributed by atoms with Gasteiger partial charge in [0, 0.05) is 12.1 Å². The molecule has 1 N–H and O–H groups in total. The van der Waals surface area contributed by atoms with Gasteiger partial charge >= 0.3 is 0 Å². The predicted molar refractivity (Wildman–Crippen MR) is 85.6 cm³/mol. The Kier molecular flexibility index (Phi) is 4.08. The molecule has 122 valence electrons. The van der Waals surface area contributed by atoms with Crippen LogP contribution in [-0.2, 0) is 14.6 Å². The molecule has 3 rings (SSSR count). The smallest absolute Gasteiger partial charge is 0.249 e. The number of amides is 1. The summed E-state index contributed by atoms with van der Waals surface area (Å²) in [7, 11) is -3.01. The van der Waals surface area contributed by atoms with E-state index in [1.54, 1.807) is 29.1 Å². The summed E-state index contributed by atoms with van der Waals surface area (Å²) in [6.07, 6.45) is 4.98. The van der Waals surface area contributed by atoms with Gasteiger partial charge in [0.15, 0.2) is 9.84 Å². The Morgan fingerprint density at radius 3 is 2.91 bits per heavy atom. The van der Waals surface area contributed by atoms with Gasteiger partial charge in [-0.15, -0.1) is 0 Å². The number of hydrogen-bond donors (Lipinski definition) is 1. The maximum absolute atomic E-state index is 12.0. The van der Waals surface area contributed by atoms with Gasteiger partial charge in [-0.2, -0.15) is 5.10 Å². The van der Waals surface area contributed by atoms with Crippen LogP contribution in [0.15, 0.2) is 34.9 Å². The molecule has 1 unspecified atom stereocenters. The highest BCUT2D eigenvalue weighted by Gasteiger charge is 2.30. The third kappa shape index (κ3) is 3.70. The lowest BCUT2D eigenvalue weighted by atomic mass is 10.3. The van der Waals surface area contributed by atoms with Crippen LogP contribution in [0, 0.1) is 6.92 Å². The van der Waals surface area contributed by atoms with E-state index >= 15 is 0 Å². The van der Waals surface area contributed by atoms with E-state index in [2.05, 4.69) is 10.4 Å². The summed E-state index contributed by atoms with van der Waals surface area (Å²) in [6, 6.07) is 5.00. The summed E-state index contributed by atoms with van der Waals surface area (Å²) in [4.78, 5) is 12.0.